The van der Waals surface area contributed by atoms with Gasteiger partial charge in [0, 0.05) is 17.3 Å². The highest BCUT2D eigenvalue weighted by atomic mass is 15.0. The summed E-state index contributed by atoms with van der Waals surface area (Å²) in [5, 5.41) is 0. The number of rotatable bonds is 2. The lowest BCUT2D eigenvalue weighted by Gasteiger charge is -2.02. The third-order valence-corrected chi connectivity index (χ3v) is 2.58. The molecule has 4 heteroatoms. The summed E-state index contributed by atoms with van der Waals surface area (Å²) in [7, 11) is 0. The van der Waals surface area contributed by atoms with Gasteiger partial charge >= 0.3 is 0 Å². The summed E-state index contributed by atoms with van der Waals surface area (Å²) in [4.78, 5) is 16.4. The fourth-order valence-electron chi connectivity index (χ4n) is 1.69. The highest BCUT2D eigenvalue weighted by Gasteiger charge is 2.02. The first-order chi connectivity index (χ1) is 8.93. The summed E-state index contributed by atoms with van der Waals surface area (Å²) in [5.74, 6) is 0.636. The van der Waals surface area contributed by atoms with Crippen LogP contribution in [-0.4, -0.2) is 19.9 Å². The Kier molecular flexibility index (Phi) is 2.75. The molecule has 0 atom stereocenters. The van der Waals surface area contributed by atoms with Gasteiger partial charge in [0.1, 0.15) is 12.7 Å². The van der Waals surface area contributed by atoms with Gasteiger partial charge in [0.25, 0.3) is 0 Å². The first-order valence-electron chi connectivity index (χ1n) is 5.57. The zero-order valence-electron chi connectivity index (χ0n) is 9.56. The minimum atomic E-state index is 0.636. The van der Waals surface area contributed by atoms with Gasteiger partial charge in [-0.15, -0.1) is 0 Å². The lowest BCUT2D eigenvalue weighted by molar-refractivity contribution is 1.05. The van der Waals surface area contributed by atoms with E-state index in [9.17, 15) is 0 Å². The van der Waals surface area contributed by atoms with Crippen LogP contribution in [-0.2, 0) is 0 Å². The van der Waals surface area contributed by atoms with Gasteiger partial charge in [-0.2, -0.15) is 0 Å². The van der Waals surface area contributed by atoms with Crippen LogP contribution in [0.4, 0.5) is 0 Å². The van der Waals surface area contributed by atoms with E-state index in [1.54, 1.807) is 6.20 Å². The van der Waals surface area contributed by atoms with E-state index in [1.165, 1.54) is 12.7 Å². The highest BCUT2D eigenvalue weighted by Crippen LogP contribution is 2.19. The quantitative estimate of drug-likeness (QED) is 0.684. The Morgan fingerprint density at radius 1 is 0.667 bits per heavy atom. The second-order valence-electron chi connectivity index (χ2n) is 3.76. The lowest BCUT2D eigenvalue weighted by Crippen LogP contribution is -1.90. The molecular formula is C14H10N4. The average Bonchev–Trinajstić information content (AvgIpc) is 2.49. The van der Waals surface area contributed by atoms with Crippen LogP contribution in [0.15, 0.2) is 61.3 Å². The number of nitrogens with zero attached hydrogens (tertiary/aromatic N) is 4. The van der Waals surface area contributed by atoms with Crippen molar-refractivity contribution in [1.29, 1.82) is 0 Å². The minimum absolute atomic E-state index is 0.636. The van der Waals surface area contributed by atoms with Crippen molar-refractivity contribution < 1.29 is 0 Å². The van der Waals surface area contributed by atoms with E-state index >= 15 is 0 Å². The smallest absolute Gasteiger partial charge is 0.164 e. The monoisotopic (exact) mass is 234 g/mol. The average molecular weight is 234 g/mol. The van der Waals surface area contributed by atoms with Gasteiger partial charge in [-0.05, 0) is 12.1 Å². The molecule has 0 aliphatic carbocycles. The van der Waals surface area contributed by atoms with Crippen LogP contribution in [0.3, 0.4) is 0 Å². The Morgan fingerprint density at radius 2 is 1.44 bits per heavy atom. The number of aromatic nitrogens is 4. The van der Waals surface area contributed by atoms with Crippen molar-refractivity contribution in [3.63, 3.8) is 0 Å². The topological polar surface area (TPSA) is 51.6 Å². The van der Waals surface area contributed by atoms with Crippen LogP contribution in [0.2, 0.25) is 0 Å². The van der Waals surface area contributed by atoms with E-state index in [0.717, 1.165) is 16.8 Å². The molecule has 3 rings (SSSR count). The predicted octanol–water partition coefficient (Wildman–Crippen LogP) is 2.60. The normalized spacial score (nSPS) is 10.2. The molecule has 0 fully saturated rings. The molecule has 0 radical (unpaired) electrons. The zero-order chi connectivity index (χ0) is 12.2. The van der Waals surface area contributed by atoms with E-state index in [4.69, 9.17) is 0 Å². The van der Waals surface area contributed by atoms with Gasteiger partial charge in [0.05, 0.1) is 5.69 Å². The Balaban J connectivity index is 1.95. The van der Waals surface area contributed by atoms with Crippen molar-refractivity contribution >= 4 is 0 Å². The molecule has 0 N–H and O–H groups in total. The molecule has 1 aromatic carbocycles. The number of hydrogen-bond donors (Lipinski definition) is 0. The van der Waals surface area contributed by atoms with E-state index in [-0.39, 0.29) is 0 Å². The Bertz CT molecular complexity index is 562. The largest absolute Gasteiger partial charge is 0.255 e. The second kappa shape index (κ2) is 4.71. The van der Waals surface area contributed by atoms with Gasteiger partial charge < -0.3 is 0 Å². The molecule has 2 aromatic heterocycles. The number of hydrogen-bond acceptors (Lipinski definition) is 4. The Morgan fingerprint density at radius 3 is 2.11 bits per heavy atom. The van der Waals surface area contributed by atoms with Crippen LogP contribution >= 0.6 is 0 Å². The van der Waals surface area contributed by atoms with Crippen molar-refractivity contribution in [2.24, 2.45) is 0 Å². The standard InChI is InChI=1S/C14H10N4/c1-2-4-11(5-3-1)13-7-6-12(8-16-13)14-17-9-15-10-18-14/h1-10H. The first-order valence-corrected chi connectivity index (χ1v) is 5.57. The molecule has 18 heavy (non-hydrogen) atoms. The summed E-state index contributed by atoms with van der Waals surface area (Å²) >= 11 is 0. The number of benzene rings is 1. The van der Waals surface area contributed by atoms with Crippen molar-refractivity contribution in [1.82, 2.24) is 19.9 Å². The fraction of sp³-hybridized carbons (Fsp3) is 0. The van der Waals surface area contributed by atoms with Crippen molar-refractivity contribution in [3.05, 3.63) is 61.3 Å². The molecule has 4 nitrogen and oxygen atoms in total. The molecule has 0 amide bonds. The number of pyridine rings is 1. The molecule has 0 bridgehead atoms. The van der Waals surface area contributed by atoms with Gasteiger partial charge in [0.2, 0.25) is 0 Å². The third-order valence-electron chi connectivity index (χ3n) is 2.58. The molecule has 0 saturated carbocycles. The lowest BCUT2D eigenvalue weighted by atomic mass is 10.1. The summed E-state index contributed by atoms with van der Waals surface area (Å²) in [6, 6.07) is 14.0. The summed E-state index contributed by atoms with van der Waals surface area (Å²) < 4.78 is 0. The molecule has 0 aliphatic heterocycles. The minimum Gasteiger partial charge on any atom is -0.255 e. The third kappa shape index (κ3) is 2.08. The highest BCUT2D eigenvalue weighted by molar-refractivity contribution is 5.62. The van der Waals surface area contributed by atoms with Crippen molar-refractivity contribution in [2.75, 3.05) is 0 Å². The van der Waals surface area contributed by atoms with Crippen molar-refractivity contribution in [2.45, 2.75) is 0 Å². The van der Waals surface area contributed by atoms with Crippen LogP contribution in [0.25, 0.3) is 22.6 Å². The van der Waals surface area contributed by atoms with E-state index in [1.807, 2.05) is 42.5 Å². The molecule has 0 unspecified atom stereocenters. The zero-order valence-corrected chi connectivity index (χ0v) is 9.56. The van der Waals surface area contributed by atoms with Gasteiger partial charge in [-0.1, -0.05) is 30.3 Å². The van der Waals surface area contributed by atoms with Crippen LogP contribution < -0.4 is 0 Å². The molecule has 3 aromatic rings. The van der Waals surface area contributed by atoms with E-state index in [2.05, 4.69) is 19.9 Å². The second-order valence-corrected chi connectivity index (χ2v) is 3.76. The summed E-state index contributed by atoms with van der Waals surface area (Å²) in [6.07, 6.45) is 4.73. The molecule has 2 heterocycles. The van der Waals surface area contributed by atoms with Crippen molar-refractivity contribution in [3.8, 4) is 22.6 Å². The molecule has 0 spiro atoms. The van der Waals surface area contributed by atoms with Gasteiger partial charge in [0.15, 0.2) is 5.82 Å². The van der Waals surface area contributed by atoms with Gasteiger partial charge in [-0.3, -0.25) is 4.98 Å². The Labute approximate surface area is 104 Å². The van der Waals surface area contributed by atoms with Crippen LogP contribution in [0.1, 0.15) is 0 Å². The summed E-state index contributed by atoms with van der Waals surface area (Å²) in [5.41, 5.74) is 2.92. The molecule has 86 valence electrons. The van der Waals surface area contributed by atoms with E-state index in [0.29, 0.717) is 5.82 Å². The predicted molar refractivity (Wildman–Crippen MR) is 68.5 cm³/mol. The van der Waals surface area contributed by atoms with Gasteiger partial charge in [-0.25, -0.2) is 15.0 Å². The van der Waals surface area contributed by atoms with Crippen LogP contribution in [0, 0.1) is 0 Å². The Hall–Kier alpha value is -2.62. The van der Waals surface area contributed by atoms with Crippen LogP contribution in [0.5, 0.6) is 0 Å². The van der Waals surface area contributed by atoms with E-state index < -0.39 is 0 Å². The first kappa shape index (κ1) is 10.5. The molecule has 0 aliphatic rings. The molecule has 0 saturated heterocycles. The maximum atomic E-state index is 4.42. The maximum absolute atomic E-state index is 4.42. The molecular weight excluding hydrogens is 224 g/mol. The fourth-order valence-corrected chi connectivity index (χ4v) is 1.69. The maximum Gasteiger partial charge on any atom is 0.164 e. The SMILES string of the molecule is c1ccc(-c2ccc(-c3ncncn3)cn2)cc1. The summed E-state index contributed by atoms with van der Waals surface area (Å²) in [6.45, 7) is 0.